The molecule has 4 aromatic rings. The summed E-state index contributed by atoms with van der Waals surface area (Å²) < 4.78 is 26.8. The molecular weight excluding hydrogens is 414 g/mol. The van der Waals surface area contributed by atoms with Gasteiger partial charge in [-0.05, 0) is 61.4 Å². The molecule has 4 rings (SSSR count). The number of para-hydroxylation sites is 1. The standard InChI is InChI=1S/C23H21N3O4S/c1-14-5-4-6-15(2)22(14)26-31(28)21-12-17(8-10-20(21)29-3)25-23(27)16-7-9-19-18(11-16)24-13-30-19/h4-13,26H,1-3H3,(H,25,27). The van der Waals surface area contributed by atoms with E-state index in [1.165, 1.54) is 13.5 Å². The van der Waals surface area contributed by atoms with Crippen LogP contribution >= 0.6 is 0 Å². The maximum Gasteiger partial charge on any atom is 0.255 e. The van der Waals surface area contributed by atoms with Crippen molar-refractivity contribution in [3.05, 3.63) is 77.7 Å². The Morgan fingerprint density at radius 2 is 1.84 bits per heavy atom. The lowest BCUT2D eigenvalue weighted by Gasteiger charge is -2.15. The molecule has 7 nitrogen and oxygen atoms in total. The lowest BCUT2D eigenvalue weighted by molar-refractivity contribution is 0.102. The first-order valence-electron chi connectivity index (χ1n) is 9.53. The number of benzene rings is 3. The van der Waals surface area contributed by atoms with Gasteiger partial charge in [-0.25, -0.2) is 9.19 Å². The Labute approximate surface area is 182 Å². The fourth-order valence-electron chi connectivity index (χ4n) is 3.22. The molecule has 0 aliphatic rings. The van der Waals surface area contributed by atoms with Crippen LogP contribution in [0, 0.1) is 13.8 Å². The number of aromatic nitrogens is 1. The average Bonchev–Trinajstić information content (AvgIpc) is 3.24. The number of amides is 1. The Morgan fingerprint density at radius 3 is 2.58 bits per heavy atom. The van der Waals surface area contributed by atoms with E-state index in [4.69, 9.17) is 9.15 Å². The van der Waals surface area contributed by atoms with Gasteiger partial charge in [0.2, 0.25) is 0 Å². The highest BCUT2D eigenvalue weighted by molar-refractivity contribution is 7.86. The second-order valence-corrected chi connectivity index (χ2v) is 8.17. The van der Waals surface area contributed by atoms with Crippen LogP contribution in [0.2, 0.25) is 0 Å². The van der Waals surface area contributed by atoms with E-state index in [1.807, 2.05) is 32.0 Å². The van der Waals surface area contributed by atoms with Gasteiger partial charge in [-0.1, -0.05) is 18.2 Å². The molecule has 0 aliphatic carbocycles. The fourth-order valence-corrected chi connectivity index (χ4v) is 4.41. The number of ether oxygens (including phenoxy) is 1. The van der Waals surface area contributed by atoms with Crippen molar-refractivity contribution in [2.24, 2.45) is 0 Å². The number of hydrogen-bond acceptors (Lipinski definition) is 5. The van der Waals surface area contributed by atoms with Crippen LogP contribution in [-0.4, -0.2) is 22.2 Å². The van der Waals surface area contributed by atoms with Crippen LogP contribution in [0.3, 0.4) is 0 Å². The molecule has 0 spiro atoms. The predicted molar refractivity (Wildman–Crippen MR) is 121 cm³/mol. The number of methoxy groups -OCH3 is 1. The Hall–Kier alpha value is -3.65. The van der Waals surface area contributed by atoms with Gasteiger partial charge in [-0.3, -0.25) is 4.79 Å². The van der Waals surface area contributed by atoms with Crippen LogP contribution in [0.25, 0.3) is 11.1 Å². The minimum atomic E-state index is -1.60. The van der Waals surface area contributed by atoms with Crippen molar-refractivity contribution in [2.75, 3.05) is 17.1 Å². The molecule has 0 aliphatic heterocycles. The second-order valence-electron chi connectivity index (χ2n) is 6.99. The van der Waals surface area contributed by atoms with E-state index in [1.54, 1.807) is 36.4 Å². The number of anilines is 2. The van der Waals surface area contributed by atoms with Gasteiger partial charge in [0.1, 0.15) is 16.2 Å². The van der Waals surface area contributed by atoms with Crippen LogP contribution in [0.5, 0.6) is 5.75 Å². The number of nitrogens with zero attached hydrogens (tertiary/aromatic N) is 1. The smallest absolute Gasteiger partial charge is 0.255 e. The number of oxazole rings is 1. The van der Waals surface area contributed by atoms with Crippen molar-refractivity contribution in [2.45, 2.75) is 18.7 Å². The van der Waals surface area contributed by atoms with Gasteiger partial charge in [-0.15, -0.1) is 0 Å². The summed E-state index contributed by atoms with van der Waals surface area (Å²) in [6.45, 7) is 3.90. The highest BCUT2D eigenvalue weighted by Gasteiger charge is 2.16. The second kappa shape index (κ2) is 8.61. The number of hydrogen-bond donors (Lipinski definition) is 2. The molecule has 158 valence electrons. The molecule has 1 atom stereocenters. The highest BCUT2D eigenvalue weighted by atomic mass is 32.2. The molecule has 3 aromatic carbocycles. The zero-order valence-corrected chi connectivity index (χ0v) is 18.1. The summed E-state index contributed by atoms with van der Waals surface area (Å²) in [5, 5.41) is 2.83. The Morgan fingerprint density at radius 1 is 1.06 bits per heavy atom. The maximum absolute atomic E-state index is 13.1. The molecule has 1 heterocycles. The molecule has 1 amide bonds. The van der Waals surface area contributed by atoms with E-state index in [0.29, 0.717) is 33.0 Å². The molecule has 31 heavy (non-hydrogen) atoms. The van der Waals surface area contributed by atoms with Crippen LogP contribution in [-0.2, 0) is 11.0 Å². The molecule has 0 saturated heterocycles. The summed E-state index contributed by atoms with van der Waals surface area (Å²) in [6, 6.07) is 15.9. The molecule has 1 aromatic heterocycles. The van der Waals surface area contributed by atoms with E-state index in [2.05, 4.69) is 15.0 Å². The molecule has 0 fully saturated rings. The van der Waals surface area contributed by atoms with Gasteiger partial charge in [0.25, 0.3) is 5.91 Å². The lowest BCUT2D eigenvalue weighted by atomic mass is 10.1. The van der Waals surface area contributed by atoms with Gasteiger partial charge < -0.3 is 19.2 Å². The number of nitrogens with one attached hydrogen (secondary N) is 2. The normalized spacial score (nSPS) is 11.8. The van der Waals surface area contributed by atoms with Gasteiger partial charge in [-0.2, -0.15) is 0 Å². The van der Waals surface area contributed by atoms with Gasteiger partial charge in [0, 0.05) is 11.3 Å². The summed E-state index contributed by atoms with van der Waals surface area (Å²) >= 11 is 0. The fraction of sp³-hybridized carbons (Fsp3) is 0.130. The van der Waals surface area contributed by atoms with E-state index < -0.39 is 11.0 Å². The number of aryl methyl sites for hydroxylation is 2. The van der Waals surface area contributed by atoms with E-state index in [0.717, 1.165) is 16.8 Å². The Bertz CT molecular complexity index is 1280. The molecule has 8 heteroatoms. The van der Waals surface area contributed by atoms with Gasteiger partial charge >= 0.3 is 0 Å². The molecule has 0 bridgehead atoms. The molecular formula is C23H21N3O4S. The molecule has 0 saturated carbocycles. The third-order valence-electron chi connectivity index (χ3n) is 4.89. The van der Waals surface area contributed by atoms with Crippen molar-refractivity contribution in [3.8, 4) is 5.75 Å². The van der Waals surface area contributed by atoms with Crippen molar-refractivity contribution < 1.29 is 18.2 Å². The zero-order valence-electron chi connectivity index (χ0n) is 17.3. The topological polar surface area (TPSA) is 93.5 Å². The third kappa shape index (κ3) is 4.29. The quantitative estimate of drug-likeness (QED) is 0.452. The lowest BCUT2D eigenvalue weighted by Crippen LogP contribution is -2.13. The van der Waals surface area contributed by atoms with Crippen LogP contribution in [0.4, 0.5) is 11.4 Å². The van der Waals surface area contributed by atoms with E-state index >= 15 is 0 Å². The van der Waals surface area contributed by atoms with Crippen molar-refractivity contribution in [1.29, 1.82) is 0 Å². The molecule has 0 radical (unpaired) electrons. The van der Waals surface area contributed by atoms with Crippen molar-refractivity contribution in [1.82, 2.24) is 4.98 Å². The highest BCUT2D eigenvalue weighted by Crippen LogP contribution is 2.29. The van der Waals surface area contributed by atoms with E-state index in [-0.39, 0.29) is 5.91 Å². The summed E-state index contributed by atoms with van der Waals surface area (Å²) in [6.07, 6.45) is 1.33. The summed E-state index contributed by atoms with van der Waals surface area (Å²) in [7, 11) is -0.0835. The molecule has 1 unspecified atom stereocenters. The number of fused-ring (bicyclic) bond motifs is 1. The van der Waals surface area contributed by atoms with Crippen LogP contribution < -0.4 is 14.8 Å². The predicted octanol–water partition coefficient (Wildman–Crippen LogP) is 4.84. The summed E-state index contributed by atoms with van der Waals surface area (Å²) in [4.78, 5) is 17.2. The zero-order chi connectivity index (χ0) is 22.0. The minimum Gasteiger partial charge on any atom is -0.495 e. The Kier molecular flexibility index (Phi) is 5.73. The SMILES string of the molecule is COc1ccc(NC(=O)c2ccc3ocnc3c2)cc1S(=O)Nc1c(C)cccc1C. The monoisotopic (exact) mass is 435 g/mol. The summed E-state index contributed by atoms with van der Waals surface area (Å²) in [5.74, 6) is 0.147. The number of rotatable bonds is 6. The molecule has 2 N–H and O–H groups in total. The first kappa shape index (κ1) is 20.6. The van der Waals surface area contributed by atoms with Crippen LogP contribution in [0.15, 0.2) is 70.3 Å². The largest absolute Gasteiger partial charge is 0.495 e. The van der Waals surface area contributed by atoms with Gasteiger partial charge in [0.05, 0.1) is 12.8 Å². The summed E-state index contributed by atoms with van der Waals surface area (Å²) in [5.41, 5.74) is 4.92. The van der Waals surface area contributed by atoms with E-state index in [9.17, 15) is 9.00 Å². The number of carbonyl (C=O) groups excluding carboxylic acids is 1. The van der Waals surface area contributed by atoms with Crippen LogP contribution in [0.1, 0.15) is 21.5 Å². The van der Waals surface area contributed by atoms with Crippen molar-refractivity contribution in [3.63, 3.8) is 0 Å². The first-order valence-corrected chi connectivity index (χ1v) is 10.7. The maximum atomic E-state index is 13.1. The Balaban J connectivity index is 1.59. The third-order valence-corrected chi connectivity index (χ3v) is 6.00. The first-order chi connectivity index (χ1) is 15.0. The average molecular weight is 436 g/mol. The van der Waals surface area contributed by atoms with Crippen molar-refractivity contribution >= 4 is 39.4 Å². The minimum absolute atomic E-state index is 0.311. The van der Waals surface area contributed by atoms with Gasteiger partial charge in [0.15, 0.2) is 23.0 Å². The number of carbonyl (C=O) groups is 1.